The van der Waals surface area contributed by atoms with Crippen LogP contribution in [0.3, 0.4) is 0 Å². The Hall–Kier alpha value is -0.940. The molecule has 1 aliphatic rings. The quantitative estimate of drug-likeness (QED) is 0.747. The zero-order valence-corrected chi connectivity index (χ0v) is 11.1. The average molecular weight is 257 g/mol. The fourth-order valence-corrected chi connectivity index (χ4v) is 2.04. The van der Waals surface area contributed by atoms with E-state index in [4.69, 9.17) is 16.3 Å². The first-order chi connectivity index (χ1) is 8.10. The van der Waals surface area contributed by atoms with Crippen LogP contribution in [0, 0.1) is 13.8 Å². The molecule has 0 radical (unpaired) electrons. The van der Waals surface area contributed by atoms with Crippen LogP contribution < -0.4 is 4.90 Å². The molecule has 1 aliphatic heterocycles. The van der Waals surface area contributed by atoms with E-state index < -0.39 is 0 Å². The lowest BCUT2D eigenvalue weighted by Gasteiger charge is -2.35. The standard InChI is InChI=1S/C11H17ClN4O/c1-7-5-16(6-10(4-12)17-7)11-13-8(2)9(3)14-15-11/h7,10H,4-6H2,1-3H3. The molecule has 0 aliphatic carbocycles. The van der Waals surface area contributed by atoms with Crippen molar-refractivity contribution in [2.75, 3.05) is 23.9 Å². The Morgan fingerprint density at radius 2 is 2.06 bits per heavy atom. The molecule has 2 heterocycles. The average Bonchev–Trinajstić information content (AvgIpc) is 2.32. The van der Waals surface area contributed by atoms with Crippen LogP contribution >= 0.6 is 11.6 Å². The fraction of sp³-hybridized carbons (Fsp3) is 0.727. The van der Waals surface area contributed by atoms with E-state index in [1.807, 2.05) is 20.8 Å². The first kappa shape index (κ1) is 12.5. The molecule has 5 nitrogen and oxygen atoms in total. The molecule has 1 fully saturated rings. The molecule has 94 valence electrons. The smallest absolute Gasteiger partial charge is 0.245 e. The Morgan fingerprint density at radius 1 is 1.29 bits per heavy atom. The van der Waals surface area contributed by atoms with Crippen molar-refractivity contribution in [3.63, 3.8) is 0 Å². The lowest BCUT2D eigenvalue weighted by Crippen LogP contribution is -2.48. The zero-order chi connectivity index (χ0) is 12.4. The number of aromatic nitrogens is 3. The molecular formula is C11H17ClN4O. The summed E-state index contributed by atoms with van der Waals surface area (Å²) in [6.45, 7) is 7.37. The molecule has 17 heavy (non-hydrogen) atoms. The van der Waals surface area contributed by atoms with E-state index in [0.717, 1.165) is 24.5 Å². The van der Waals surface area contributed by atoms with Crippen molar-refractivity contribution in [2.24, 2.45) is 0 Å². The van der Waals surface area contributed by atoms with Crippen LogP contribution in [0.25, 0.3) is 0 Å². The third-order valence-corrected chi connectivity index (χ3v) is 3.21. The van der Waals surface area contributed by atoms with Crippen LogP contribution in [0.5, 0.6) is 0 Å². The first-order valence-electron chi connectivity index (χ1n) is 5.74. The predicted molar refractivity (Wildman–Crippen MR) is 66.6 cm³/mol. The molecule has 0 bridgehead atoms. The van der Waals surface area contributed by atoms with Gasteiger partial charge in [0, 0.05) is 13.1 Å². The Kier molecular flexibility index (Phi) is 3.79. The molecule has 0 N–H and O–H groups in total. The maximum Gasteiger partial charge on any atom is 0.245 e. The summed E-state index contributed by atoms with van der Waals surface area (Å²) in [7, 11) is 0. The van der Waals surface area contributed by atoms with Gasteiger partial charge in [0.2, 0.25) is 5.95 Å². The second-order valence-corrected chi connectivity index (χ2v) is 4.72. The molecule has 6 heteroatoms. The number of hydrogen-bond acceptors (Lipinski definition) is 5. The number of nitrogens with zero attached hydrogens (tertiary/aromatic N) is 4. The Labute approximate surface area is 106 Å². The van der Waals surface area contributed by atoms with E-state index in [-0.39, 0.29) is 12.2 Å². The molecule has 0 aromatic carbocycles. The van der Waals surface area contributed by atoms with E-state index in [9.17, 15) is 0 Å². The first-order valence-corrected chi connectivity index (χ1v) is 6.28. The van der Waals surface area contributed by atoms with Gasteiger partial charge in [-0.3, -0.25) is 0 Å². The highest BCUT2D eigenvalue weighted by Crippen LogP contribution is 2.17. The minimum absolute atomic E-state index is 0.0330. The zero-order valence-electron chi connectivity index (χ0n) is 10.4. The number of ether oxygens (including phenoxy) is 1. The third-order valence-electron chi connectivity index (χ3n) is 2.86. The van der Waals surface area contributed by atoms with Gasteiger partial charge in [0.15, 0.2) is 0 Å². The summed E-state index contributed by atoms with van der Waals surface area (Å²) in [5.41, 5.74) is 1.78. The minimum atomic E-state index is 0.0330. The van der Waals surface area contributed by atoms with Gasteiger partial charge in [-0.05, 0) is 20.8 Å². The molecule has 2 unspecified atom stereocenters. The number of rotatable bonds is 2. The van der Waals surface area contributed by atoms with Gasteiger partial charge in [0.1, 0.15) is 0 Å². The van der Waals surface area contributed by atoms with Gasteiger partial charge in [0.05, 0.1) is 29.5 Å². The van der Waals surface area contributed by atoms with Gasteiger partial charge in [-0.2, -0.15) is 5.10 Å². The molecule has 1 saturated heterocycles. The van der Waals surface area contributed by atoms with Gasteiger partial charge < -0.3 is 9.64 Å². The number of morpholine rings is 1. The lowest BCUT2D eigenvalue weighted by atomic mass is 10.2. The maximum absolute atomic E-state index is 5.85. The van der Waals surface area contributed by atoms with Crippen LogP contribution in [0.1, 0.15) is 18.3 Å². The Bertz CT molecular complexity index is 401. The summed E-state index contributed by atoms with van der Waals surface area (Å²) >= 11 is 5.85. The molecular weight excluding hydrogens is 240 g/mol. The summed E-state index contributed by atoms with van der Waals surface area (Å²) < 4.78 is 5.69. The highest BCUT2D eigenvalue weighted by atomic mass is 35.5. The number of aryl methyl sites for hydroxylation is 2. The van der Waals surface area contributed by atoms with Gasteiger partial charge in [-0.25, -0.2) is 4.98 Å². The molecule has 2 atom stereocenters. The van der Waals surface area contributed by atoms with E-state index >= 15 is 0 Å². The monoisotopic (exact) mass is 256 g/mol. The second kappa shape index (κ2) is 5.14. The molecule has 0 amide bonds. The van der Waals surface area contributed by atoms with Crippen molar-refractivity contribution in [3.05, 3.63) is 11.4 Å². The summed E-state index contributed by atoms with van der Waals surface area (Å²) in [5, 5.41) is 8.23. The van der Waals surface area contributed by atoms with Gasteiger partial charge >= 0.3 is 0 Å². The second-order valence-electron chi connectivity index (χ2n) is 4.41. The molecule has 1 aromatic heterocycles. The van der Waals surface area contributed by atoms with Crippen LogP contribution in [-0.2, 0) is 4.74 Å². The SMILES string of the molecule is Cc1nnc(N2CC(C)OC(CCl)C2)nc1C. The third kappa shape index (κ3) is 2.84. The molecule has 0 saturated carbocycles. The number of anilines is 1. The van der Waals surface area contributed by atoms with E-state index in [0.29, 0.717) is 11.8 Å². The fourth-order valence-electron chi connectivity index (χ4n) is 1.87. The lowest BCUT2D eigenvalue weighted by molar-refractivity contribution is -0.00390. The highest BCUT2D eigenvalue weighted by molar-refractivity contribution is 6.18. The highest BCUT2D eigenvalue weighted by Gasteiger charge is 2.26. The van der Waals surface area contributed by atoms with Gasteiger partial charge in [-0.15, -0.1) is 16.7 Å². The van der Waals surface area contributed by atoms with Crippen molar-refractivity contribution in [3.8, 4) is 0 Å². The predicted octanol–water partition coefficient (Wildman–Crippen LogP) is 1.32. The summed E-state index contributed by atoms with van der Waals surface area (Å²) in [4.78, 5) is 6.54. The Balaban J connectivity index is 2.17. The van der Waals surface area contributed by atoms with E-state index in [1.54, 1.807) is 0 Å². The van der Waals surface area contributed by atoms with Gasteiger partial charge in [-0.1, -0.05) is 0 Å². The topological polar surface area (TPSA) is 51.1 Å². The van der Waals surface area contributed by atoms with Crippen LogP contribution in [0.2, 0.25) is 0 Å². The Morgan fingerprint density at radius 3 is 2.71 bits per heavy atom. The van der Waals surface area contributed by atoms with Crippen molar-refractivity contribution in [1.29, 1.82) is 0 Å². The van der Waals surface area contributed by atoms with Crippen LogP contribution in [-0.4, -0.2) is 46.4 Å². The largest absolute Gasteiger partial charge is 0.370 e. The van der Waals surface area contributed by atoms with E-state index in [2.05, 4.69) is 20.1 Å². The van der Waals surface area contributed by atoms with Crippen molar-refractivity contribution in [1.82, 2.24) is 15.2 Å². The number of halogens is 1. The van der Waals surface area contributed by atoms with E-state index in [1.165, 1.54) is 0 Å². The minimum Gasteiger partial charge on any atom is -0.370 e. The van der Waals surface area contributed by atoms with Gasteiger partial charge in [0.25, 0.3) is 0 Å². The molecule has 2 rings (SSSR count). The number of alkyl halides is 1. The maximum atomic E-state index is 5.85. The number of hydrogen-bond donors (Lipinski definition) is 0. The summed E-state index contributed by atoms with van der Waals surface area (Å²) in [6, 6.07) is 0. The van der Waals surface area contributed by atoms with Crippen molar-refractivity contribution < 1.29 is 4.74 Å². The van der Waals surface area contributed by atoms with Crippen LogP contribution in [0.15, 0.2) is 0 Å². The van der Waals surface area contributed by atoms with Crippen molar-refractivity contribution >= 4 is 17.5 Å². The van der Waals surface area contributed by atoms with Crippen molar-refractivity contribution in [2.45, 2.75) is 33.0 Å². The normalized spacial score (nSPS) is 25.1. The summed E-state index contributed by atoms with van der Waals surface area (Å²) in [5.74, 6) is 1.15. The molecule has 0 spiro atoms. The van der Waals surface area contributed by atoms with Crippen LogP contribution in [0.4, 0.5) is 5.95 Å². The molecule has 1 aromatic rings. The summed E-state index contributed by atoms with van der Waals surface area (Å²) in [6.07, 6.45) is 0.170.